The highest BCUT2D eigenvalue weighted by Gasteiger charge is 2.25. The van der Waals surface area contributed by atoms with Gasteiger partial charge in [-0.3, -0.25) is 0 Å². The monoisotopic (exact) mass is 291 g/mol. The molecule has 1 heterocycles. The lowest BCUT2D eigenvalue weighted by Gasteiger charge is -2.18. The molecule has 0 unspecified atom stereocenters. The van der Waals surface area contributed by atoms with Crippen molar-refractivity contribution in [2.45, 2.75) is 52.5 Å². The van der Waals surface area contributed by atoms with Crippen molar-refractivity contribution in [3.63, 3.8) is 0 Å². The first-order chi connectivity index (χ1) is 10.0. The molecule has 0 atom stereocenters. The standard InChI is InChI=1S/C16H29N5/c1-6-17-15-12(4)16(20-14(19-15)11(2)3)18-9-10-21(5)13-7-8-13/h11,13H,6-10H2,1-5H3,(H2,17,18,19,20). The van der Waals surface area contributed by atoms with Gasteiger partial charge in [0.25, 0.3) is 0 Å². The third-order valence-electron chi connectivity index (χ3n) is 3.95. The molecule has 2 rings (SSSR count). The number of hydrogen-bond donors (Lipinski definition) is 2. The topological polar surface area (TPSA) is 53.1 Å². The summed E-state index contributed by atoms with van der Waals surface area (Å²) >= 11 is 0. The predicted octanol–water partition coefficient (Wildman–Crippen LogP) is 2.85. The quantitative estimate of drug-likeness (QED) is 0.771. The Labute approximate surface area is 128 Å². The lowest BCUT2D eigenvalue weighted by Crippen LogP contribution is -2.27. The summed E-state index contributed by atoms with van der Waals surface area (Å²) in [5, 5.41) is 6.83. The number of rotatable bonds is 8. The van der Waals surface area contributed by atoms with Crippen LogP contribution in [0.2, 0.25) is 0 Å². The van der Waals surface area contributed by atoms with Crippen LogP contribution in [-0.4, -0.2) is 47.6 Å². The minimum absolute atomic E-state index is 0.331. The molecule has 118 valence electrons. The maximum atomic E-state index is 4.69. The molecule has 1 aromatic rings. The Morgan fingerprint density at radius 1 is 1.19 bits per heavy atom. The zero-order valence-corrected chi connectivity index (χ0v) is 14.0. The third kappa shape index (κ3) is 4.30. The normalized spacial score (nSPS) is 14.8. The van der Waals surface area contributed by atoms with E-state index in [4.69, 9.17) is 4.98 Å². The van der Waals surface area contributed by atoms with Gasteiger partial charge in [-0.25, -0.2) is 9.97 Å². The fourth-order valence-corrected chi connectivity index (χ4v) is 2.35. The number of likely N-dealkylation sites (N-methyl/N-ethyl adjacent to an activating group) is 1. The molecule has 1 saturated carbocycles. The molecule has 1 aliphatic rings. The molecule has 5 nitrogen and oxygen atoms in total. The van der Waals surface area contributed by atoms with Gasteiger partial charge in [-0.05, 0) is 33.7 Å². The molecular formula is C16H29N5. The second-order valence-corrected chi connectivity index (χ2v) is 6.23. The van der Waals surface area contributed by atoms with Crippen LogP contribution in [-0.2, 0) is 0 Å². The largest absolute Gasteiger partial charge is 0.370 e. The van der Waals surface area contributed by atoms with Gasteiger partial charge in [0.15, 0.2) is 0 Å². The van der Waals surface area contributed by atoms with Gasteiger partial charge in [0.1, 0.15) is 17.5 Å². The Kier molecular flexibility index (Phi) is 5.39. The molecule has 0 spiro atoms. The van der Waals surface area contributed by atoms with E-state index >= 15 is 0 Å². The van der Waals surface area contributed by atoms with Crippen molar-refractivity contribution in [3.05, 3.63) is 11.4 Å². The first-order valence-electron chi connectivity index (χ1n) is 8.09. The van der Waals surface area contributed by atoms with E-state index in [1.54, 1.807) is 0 Å². The van der Waals surface area contributed by atoms with E-state index in [0.29, 0.717) is 5.92 Å². The Morgan fingerprint density at radius 3 is 2.33 bits per heavy atom. The van der Waals surface area contributed by atoms with Crippen LogP contribution in [0.4, 0.5) is 11.6 Å². The lowest BCUT2D eigenvalue weighted by atomic mass is 10.2. The molecule has 0 bridgehead atoms. The highest BCUT2D eigenvalue weighted by Crippen LogP contribution is 2.25. The molecule has 0 aromatic carbocycles. The van der Waals surface area contributed by atoms with Crippen LogP contribution < -0.4 is 10.6 Å². The Balaban J connectivity index is 2.04. The molecule has 1 aliphatic carbocycles. The Hall–Kier alpha value is -1.36. The number of hydrogen-bond acceptors (Lipinski definition) is 5. The summed E-state index contributed by atoms with van der Waals surface area (Å²) in [6, 6.07) is 0.807. The first-order valence-corrected chi connectivity index (χ1v) is 8.09. The van der Waals surface area contributed by atoms with Crippen molar-refractivity contribution in [1.29, 1.82) is 0 Å². The molecular weight excluding hydrogens is 262 g/mol. The van der Waals surface area contributed by atoms with Gasteiger partial charge in [-0.15, -0.1) is 0 Å². The van der Waals surface area contributed by atoms with E-state index in [-0.39, 0.29) is 0 Å². The van der Waals surface area contributed by atoms with Gasteiger partial charge in [-0.2, -0.15) is 0 Å². The van der Waals surface area contributed by atoms with E-state index in [9.17, 15) is 0 Å². The lowest BCUT2D eigenvalue weighted by molar-refractivity contribution is 0.337. The van der Waals surface area contributed by atoms with Crippen molar-refractivity contribution >= 4 is 11.6 Å². The van der Waals surface area contributed by atoms with Crippen LogP contribution in [0.25, 0.3) is 0 Å². The van der Waals surface area contributed by atoms with Crippen LogP contribution in [0.3, 0.4) is 0 Å². The average molecular weight is 291 g/mol. The molecule has 0 radical (unpaired) electrons. The number of aromatic nitrogens is 2. The summed E-state index contributed by atoms with van der Waals surface area (Å²) in [5.74, 6) is 3.15. The summed E-state index contributed by atoms with van der Waals surface area (Å²) in [6.07, 6.45) is 2.70. The van der Waals surface area contributed by atoms with Gasteiger partial charge in [0.2, 0.25) is 0 Å². The average Bonchev–Trinajstić information content (AvgIpc) is 3.27. The van der Waals surface area contributed by atoms with Crippen molar-refractivity contribution in [1.82, 2.24) is 14.9 Å². The summed E-state index contributed by atoms with van der Waals surface area (Å²) in [5.41, 5.74) is 1.11. The highest BCUT2D eigenvalue weighted by atomic mass is 15.2. The van der Waals surface area contributed by atoms with E-state index in [1.807, 2.05) is 0 Å². The smallest absolute Gasteiger partial charge is 0.135 e. The molecule has 0 saturated heterocycles. The van der Waals surface area contributed by atoms with Crippen LogP contribution in [0.1, 0.15) is 50.9 Å². The van der Waals surface area contributed by atoms with Crippen molar-refractivity contribution < 1.29 is 0 Å². The molecule has 0 amide bonds. The minimum Gasteiger partial charge on any atom is -0.370 e. The molecule has 2 N–H and O–H groups in total. The van der Waals surface area contributed by atoms with Gasteiger partial charge < -0.3 is 15.5 Å². The van der Waals surface area contributed by atoms with Gasteiger partial charge in [-0.1, -0.05) is 13.8 Å². The molecule has 5 heteroatoms. The third-order valence-corrected chi connectivity index (χ3v) is 3.95. The van der Waals surface area contributed by atoms with Gasteiger partial charge in [0.05, 0.1) is 0 Å². The molecule has 21 heavy (non-hydrogen) atoms. The van der Waals surface area contributed by atoms with E-state index in [1.165, 1.54) is 12.8 Å². The second-order valence-electron chi connectivity index (χ2n) is 6.23. The summed E-state index contributed by atoms with van der Waals surface area (Å²) < 4.78 is 0. The number of nitrogens with zero attached hydrogens (tertiary/aromatic N) is 3. The zero-order chi connectivity index (χ0) is 15.4. The van der Waals surface area contributed by atoms with Crippen LogP contribution in [0.5, 0.6) is 0 Å². The second kappa shape index (κ2) is 7.07. The minimum atomic E-state index is 0.331. The van der Waals surface area contributed by atoms with Gasteiger partial charge >= 0.3 is 0 Å². The first kappa shape index (κ1) is 16.0. The van der Waals surface area contributed by atoms with E-state index in [2.05, 4.69) is 55.3 Å². The predicted molar refractivity (Wildman–Crippen MR) is 89.2 cm³/mol. The van der Waals surface area contributed by atoms with Crippen molar-refractivity contribution in [2.24, 2.45) is 0 Å². The number of nitrogens with one attached hydrogen (secondary N) is 2. The number of anilines is 2. The Bertz CT molecular complexity index is 468. The SMILES string of the molecule is CCNc1nc(C(C)C)nc(NCCN(C)C2CC2)c1C. The molecule has 1 fully saturated rings. The fourth-order valence-electron chi connectivity index (χ4n) is 2.35. The summed E-state index contributed by atoms with van der Waals surface area (Å²) in [6.45, 7) is 11.3. The fraction of sp³-hybridized carbons (Fsp3) is 0.750. The van der Waals surface area contributed by atoms with Gasteiger partial charge in [0, 0.05) is 37.2 Å². The molecule has 0 aliphatic heterocycles. The summed E-state index contributed by atoms with van der Waals surface area (Å²) in [4.78, 5) is 11.8. The maximum absolute atomic E-state index is 4.69. The zero-order valence-electron chi connectivity index (χ0n) is 14.0. The van der Waals surface area contributed by atoms with Crippen molar-refractivity contribution in [3.8, 4) is 0 Å². The summed E-state index contributed by atoms with van der Waals surface area (Å²) in [7, 11) is 2.20. The van der Waals surface area contributed by atoms with E-state index in [0.717, 1.165) is 48.7 Å². The van der Waals surface area contributed by atoms with Crippen LogP contribution >= 0.6 is 0 Å². The van der Waals surface area contributed by atoms with Crippen LogP contribution in [0, 0.1) is 6.92 Å². The Morgan fingerprint density at radius 2 is 1.81 bits per heavy atom. The molecule has 1 aromatic heterocycles. The highest BCUT2D eigenvalue weighted by molar-refractivity contribution is 5.57. The van der Waals surface area contributed by atoms with Crippen molar-refractivity contribution in [2.75, 3.05) is 37.3 Å². The van der Waals surface area contributed by atoms with Crippen LogP contribution in [0.15, 0.2) is 0 Å². The van der Waals surface area contributed by atoms with E-state index < -0.39 is 0 Å². The maximum Gasteiger partial charge on any atom is 0.135 e.